The molecule has 1 fully saturated rings. The van der Waals surface area contributed by atoms with E-state index in [1.54, 1.807) is 30.3 Å². The van der Waals surface area contributed by atoms with Gasteiger partial charge >= 0.3 is 0 Å². The third kappa shape index (κ3) is 6.14. The summed E-state index contributed by atoms with van der Waals surface area (Å²) in [6.07, 6.45) is 9.56. The molecule has 3 rings (SSSR count). The van der Waals surface area contributed by atoms with Crippen LogP contribution in [0.1, 0.15) is 66.2 Å². The molecule has 0 saturated heterocycles. The molecule has 0 bridgehead atoms. The van der Waals surface area contributed by atoms with Gasteiger partial charge in [0, 0.05) is 36.7 Å². The van der Waals surface area contributed by atoms with Crippen molar-refractivity contribution in [1.29, 1.82) is 0 Å². The number of nitrogens with zero attached hydrogens (tertiary/aromatic N) is 1. The zero-order valence-electron chi connectivity index (χ0n) is 16.5. The fourth-order valence-electron chi connectivity index (χ4n) is 3.46. The fourth-order valence-corrected chi connectivity index (χ4v) is 3.46. The lowest BCUT2D eigenvalue weighted by Crippen LogP contribution is -2.34. The van der Waals surface area contributed by atoms with Gasteiger partial charge in [-0.05, 0) is 37.1 Å². The van der Waals surface area contributed by atoms with Gasteiger partial charge < -0.3 is 16.0 Å². The minimum absolute atomic E-state index is 0.180. The average Bonchev–Trinajstić information content (AvgIpc) is 2.96. The van der Waals surface area contributed by atoms with Crippen LogP contribution in [0.4, 0.5) is 11.4 Å². The number of anilines is 2. The molecule has 1 aromatic carbocycles. The summed E-state index contributed by atoms with van der Waals surface area (Å²) in [5.41, 5.74) is 1.79. The van der Waals surface area contributed by atoms with Crippen molar-refractivity contribution >= 4 is 29.1 Å². The van der Waals surface area contributed by atoms with Gasteiger partial charge in [-0.1, -0.05) is 31.7 Å². The summed E-state index contributed by atoms with van der Waals surface area (Å²) in [5, 5.41) is 8.50. The van der Waals surface area contributed by atoms with E-state index in [2.05, 4.69) is 20.9 Å². The van der Waals surface area contributed by atoms with Crippen LogP contribution in [0.3, 0.4) is 0 Å². The highest BCUT2D eigenvalue weighted by molar-refractivity contribution is 6.06. The molecule has 3 N–H and O–H groups in total. The molecule has 0 aliphatic heterocycles. The SMILES string of the molecule is CC(=O)Nc1cccc(NC(=O)c2cncc(C(=O)NC3CCCCCC3)c2)c1. The lowest BCUT2D eigenvalue weighted by molar-refractivity contribution is -0.114. The van der Waals surface area contributed by atoms with Gasteiger partial charge in [-0.15, -0.1) is 0 Å². The molecule has 7 heteroatoms. The van der Waals surface area contributed by atoms with Crippen LogP contribution in [0.2, 0.25) is 0 Å². The highest BCUT2D eigenvalue weighted by atomic mass is 16.2. The summed E-state index contributed by atoms with van der Waals surface area (Å²) in [7, 11) is 0. The molecule has 0 spiro atoms. The fraction of sp³-hybridized carbons (Fsp3) is 0.364. The van der Waals surface area contributed by atoms with Gasteiger partial charge in [-0.3, -0.25) is 19.4 Å². The maximum atomic E-state index is 12.6. The molecule has 29 heavy (non-hydrogen) atoms. The van der Waals surface area contributed by atoms with Crippen molar-refractivity contribution in [3.05, 3.63) is 53.9 Å². The largest absolute Gasteiger partial charge is 0.349 e. The molecule has 1 aliphatic rings. The normalized spacial score (nSPS) is 14.5. The quantitative estimate of drug-likeness (QED) is 0.673. The molecule has 152 valence electrons. The second-order valence-electron chi connectivity index (χ2n) is 7.34. The van der Waals surface area contributed by atoms with Gasteiger partial charge in [0.2, 0.25) is 5.91 Å². The van der Waals surface area contributed by atoms with E-state index in [9.17, 15) is 14.4 Å². The van der Waals surface area contributed by atoms with Crippen LogP contribution in [0, 0.1) is 0 Å². The number of benzene rings is 1. The Morgan fingerprint density at radius 2 is 1.48 bits per heavy atom. The first kappa shape index (κ1) is 20.5. The van der Waals surface area contributed by atoms with E-state index in [-0.39, 0.29) is 23.8 Å². The summed E-state index contributed by atoms with van der Waals surface area (Å²) in [5.74, 6) is -0.765. The van der Waals surface area contributed by atoms with Crippen LogP contribution < -0.4 is 16.0 Å². The van der Waals surface area contributed by atoms with Crippen molar-refractivity contribution in [3.8, 4) is 0 Å². The van der Waals surface area contributed by atoms with E-state index in [0.717, 1.165) is 25.7 Å². The lowest BCUT2D eigenvalue weighted by Gasteiger charge is -2.16. The molecular weight excluding hydrogens is 368 g/mol. The topological polar surface area (TPSA) is 100 Å². The third-order valence-corrected chi connectivity index (χ3v) is 4.89. The number of aromatic nitrogens is 1. The van der Waals surface area contributed by atoms with E-state index < -0.39 is 0 Å². The monoisotopic (exact) mass is 394 g/mol. The summed E-state index contributed by atoms with van der Waals surface area (Å²) >= 11 is 0. The number of carbonyl (C=O) groups is 3. The maximum absolute atomic E-state index is 12.6. The first-order valence-electron chi connectivity index (χ1n) is 9.96. The number of rotatable bonds is 5. The van der Waals surface area contributed by atoms with E-state index in [4.69, 9.17) is 0 Å². The number of pyridine rings is 1. The lowest BCUT2D eigenvalue weighted by atomic mass is 10.1. The molecule has 1 heterocycles. The van der Waals surface area contributed by atoms with Crippen LogP contribution in [0.5, 0.6) is 0 Å². The van der Waals surface area contributed by atoms with E-state index >= 15 is 0 Å². The minimum atomic E-state index is -0.374. The molecule has 1 saturated carbocycles. The van der Waals surface area contributed by atoms with Gasteiger partial charge in [0.1, 0.15) is 0 Å². The highest BCUT2D eigenvalue weighted by Crippen LogP contribution is 2.18. The van der Waals surface area contributed by atoms with Crippen molar-refractivity contribution < 1.29 is 14.4 Å². The number of hydrogen-bond acceptors (Lipinski definition) is 4. The predicted octanol–water partition coefficient (Wildman–Crippen LogP) is 3.74. The Kier molecular flexibility index (Phi) is 6.94. The first-order chi connectivity index (χ1) is 14.0. The number of hydrogen-bond donors (Lipinski definition) is 3. The van der Waals surface area contributed by atoms with Crippen LogP contribution in [0.25, 0.3) is 0 Å². The number of nitrogens with one attached hydrogen (secondary N) is 3. The molecular formula is C22H26N4O3. The highest BCUT2D eigenvalue weighted by Gasteiger charge is 2.17. The van der Waals surface area contributed by atoms with Crippen LogP contribution in [0.15, 0.2) is 42.7 Å². The van der Waals surface area contributed by atoms with Crippen molar-refractivity contribution in [3.63, 3.8) is 0 Å². The Morgan fingerprint density at radius 1 is 0.862 bits per heavy atom. The summed E-state index contributed by atoms with van der Waals surface area (Å²) in [4.78, 5) is 40.4. The first-order valence-corrected chi connectivity index (χ1v) is 9.96. The molecule has 1 aliphatic carbocycles. The Balaban J connectivity index is 1.66. The molecule has 0 atom stereocenters. The van der Waals surface area contributed by atoms with Crippen molar-refractivity contribution in [2.45, 2.75) is 51.5 Å². The second kappa shape index (κ2) is 9.82. The second-order valence-corrected chi connectivity index (χ2v) is 7.34. The predicted molar refractivity (Wildman–Crippen MR) is 112 cm³/mol. The zero-order chi connectivity index (χ0) is 20.6. The standard InChI is InChI=1S/C22H26N4O3/c1-15(27)24-19-9-6-10-20(12-19)26-22(29)17-11-16(13-23-14-17)21(28)25-18-7-4-2-3-5-8-18/h6,9-14,18H,2-5,7-8H2,1H3,(H,24,27)(H,25,28)(H,26,29). The third-order valence-electron chi connectivity index (χ3n) is 4.89. The molecule has 2 aromatic rings. The Morgan fingerprint density at radius 3 is 2.14 bits per heavy atom. The zero-order valence-corrected chi connectivity index (χ0v) is 16.5. The van der Waals surface area contributed by atoms with Crippen molar-refractivity contribution in [2.75, 3.05) is 10.6 Å². The summed E-state index contributed by atoms with van der Waals surface area (Å²) < 4.78 is 0. The summed E-state index contributed by atoms with van der Waals surface area (Å²) in [6, 6.07) is 8.58. The van der Waals surface area contributed by atoms with Crippen molar-refractivity contribution in [2.24, 2.45) is 0 Å². The Bertz CT molecular complexity index is 889. The molecule has 1 aromatic heterocycles. The Labute approximate surface area is 170 Å². The van der Waals surface area contributed by atoms with Crippen LogP contribution >= 0.6 is 0 Å². The van der Waals surface area contributed by atoms with Crippen molar-refractivity contribution in [1.82, 2.24) is 10.3 Å². The number of carbonyl (C=O) groups excluding carboxylic acids is 3. The molecule has 7 nitrogen and oxygen atoms in total. The minimum Gasteiger partial charge on any atom is -0.349 e. The van der Waals surface area contributed by atoms with E-state index in [1.165, 1.54) is 32.2 Å². The van der Waals surface area contributed by atoms with Crippen LogP contribution in [-0.4, -0.2) is 28.7 Å². The Hall–Kier alpha value is -3.22. The van der Waals surface area contributed by atoms with Gasteiger partial charge in [-0.2, -0.15) is 0 Å². The van der Waals surface area contributed by atoms with Gasteiger partial charge in [0.05, 0.1) is 11.1 Å². The van der Waals surface area contributed by atoms with Gasteiger partial charge in [0.25, 0.3) is 11.8 Å². The average molecular weight is 394 g/mol. The smallest absolute Gasteiger partial charge is 0.257 e. The maximum Gasteiger partial charge on any atom is 0.257 e. The van der Waals surface area contributed by atoms with Crippen LogP contribution in [-0.2, 0) is 4.79 Å². The molecule has 0 radical (unpaired) electrons. The molecule has 3 amide bonds. The van der Waals surface area contributed by atoms with Gasteiger partial charge in [-0.25, -0.2) is 0 Å². The van der Waals surface area contributed by atoms with E-state index in [0.29, 0.717) is 22.5 Å². The molecule has 0 unspecified atom stereocenters. The van der Waals surface area contributed by atoms with Gasteiger partial charge in [0.15, 0.2) is 0 Å². The summed E-state index contributed by atoms with van der Waals surface area (Å²) in [6.45, 7) is 1.42. The number of amides is 3. The van der Waals surface area contributed by atoms with E-state index in [1.807, 2.05) is 0 Å².